The highest BCUT2D eigenvalue weighted by Gasteiger charge is 2.26. The summed E-state index contributed by atoms with van der Waals surface area (Å²) in [6.45, 7) is 1.51. The molecule has 1 saturated heterocycles. The average molecular weight is 355 g/mol. The van der Waals surface area contributed by atoms with Crippen molar-refractivity contribution in [1.29, 1.82) is 0 Å². The Morgan fingerprint density at radius 1 is 1.36 bits per heavy atom. The number of anilines is 1. The molecule has 9 heteroatoms. The van der Waals surface area contributed by atoms with Crippen LogP contribution in [0.1, 0.15) is 16.1 Å². The van der Waals surface area contributed by atoms with Gasteiger partial charge < -0.3 is 10.2 Å². The number of rotatable bonds is 4. The molecule has 0 aromatic carbocycles. The summed E-state index contributed by atoms with van der Waals surface area (Å²) in [6.07, 6.45) is 7.97. The molecule has 0 saturated carbocycles. The molecule has 1 fully saturated rings. The SMILES string of the molecule is Cn1cc(-c2ccnc(N3CCC(NC(=O)c4ccns4)C3)n2)cn1. The first kappa shape index (κ1) is 15.7. The quantitative estimate of drug-likeness (QED) is 0.760. The zero-order valence-electron chi connectivity index (χ0n) is 13.7. The van der Waals surface area contributed by atoms with Crippen LogP contribution in [0, 0.1) is 0 Å². The Balaban J connectivity index is 1.44. The van der Waals surface area contributed by atoms with E-state index in [-0.39, 0.29) is 11.9 Å². The van der Waals surface area contributed by atoms with Crippen LogP contribution in [0.2, 0.25) is 0 Å². The van der Waals surface area contributed by atoms with Crippen molar-refractivity contribution in [3.05, 3.63) is 41.8 Å². The molecule has 1 atom stereocenters. The average Bonchev–Trinajstić information content (AvgIpc) is 3.36. The molecular formula is C16H17N7OS. The number of hydrogen-bond acceptors (Lipinski definition) is 7. The van der Waals surface area contributed by atoms with Gasteiger partial charge in [0.05, 0.1) is 11.9 Å². The number of aromatic nitrogens is 5. The minimum Gasteiger partial charge on any atom is -0.347 e. The summed E-state index contributed by atoms with van der Waals surface area (Å²) in [4.78, 5) is 23.9. The molecule has 128 valence electrons. The molecule has 1 unspecified atom stereocenters. The van der Waals surface area contributed by atoms with Crippen molar-refractivity contribution in [2.75, 3.05) is 18.0 Å². The third-order valence-corrected chi connectivity index (χ3v) is 4.86. The summed E-state index contributed by atoms with van der Waals surface area (Å²) >= 11 is 1.20. The highest BCUT2D eigenvalue weighted by atomic mass is 32.1. The molecule has 25 heavy (non-hydrogen) atoms. The number of carbonyl (C=O) groups excluding carboxylic acids is 1. The highest BCUT2D eigenvalue weighted by Crippen LogP contribution is 2.21. The van der Waals surface area contributed by atoms with Gasteiger partial charge >= 0.3 is 0 Å². The molecule has 3 aromatic heterocycles. The predicted molar refractivity (Wildman–Crippen MR) is 94.4 cm³/mol. The molecule has 0 spiro atoms. The second-order valence-corrected chi connectivity index (χ2v) is 6.76. The maximum Gasteiger partial charge on any atom is 0.263 e. The number of hydrogen-bond donors (Lipinski definition) is 1. The Kier molecular flexibility index (Phi) is 4.14. The Hall–Kier alpha value is -2.81. The van der Waals surface area contributed by atoms with E-state index in [0.29, 0.717) is 17.4 Å². The van der Waals surface area contributed by atoms with Crippen LogP contribution in [0.3, 0.4) is 0 Å². The van der Waals surface area contributed by atoms with Crippen molar-refractivity contribution < 1.29 is 4.79 Å². The zero-order valence-corrected chi connectivity index (χ0v) is 14.5. The maximum absolute atomic E-state index is 12.1. The molecule has 1 aliphatic rings. The Bertz CT molecular complexity index is 876. The van der Waals surface area contributed by atoms with Gasteiger partial charge in [-0.25, -0.2) is 14.3 Å². The number of nitrogens with one attached hydrogen (secondary N) is 1. The largest absolute Gasteiger partial charge is 0.347 e. The van der Waals surface area contributed by atoms with Crippen molar-refractivity contribution in [3.63, 3.8) is 0 Å². The summed E-state index contributed by atoms with van der Waals surface area (Å²) in [6, 6.07) is 3.69. The normalized spacial score (nSPS) is 17.0. The third-order valence-electron chi connectivity index (χ3n) is 4.11. The molecule has 0 aliphatic carbocycles. The molecule has 4 rings (SSSR count). The van der Waals surface area contributed by atoms with Gasteiger partial charge in [0.25, 0.3) is 5.91 Å². The fraction of sp³-hybridized carbons (Fsp3) is 0.312. The van der Waals surface area contributed by atoms with Crippen molar-refractivity contribution in [2.24, 2.45) is 7.05 Å². The maximum atomic E-state index is 12.1. The highest BCUT2D eigenvalue weighted by molar-refractivity contribution is 7.08. The Morgan fingerprint density at radius 2 is 2.28 bits per heavy atom. The summed E-state index contributed by atoms with van der Waals surface area (Å²) < 4.78 is 5.71. The molecule has 0 bridgehead atoms. The Labute approximate surface area is 148 Å². The monoisotopic (exact) mass is 355 g/mol. The summed E-state index contributed by atoms with van der Waals surface area (Å²) in [5, 5.41) is 7.23. The molecule has 1 N–H and O–H groups in total. The molecular weight excluding hydrogens is 338 g/mol. The lowest BCUT2D eigenvalue weighted by atomic mass is 10.2. The van der Waals surface area contributed by atoms with Crippen LogP contribution in [0.4, 0.5) is 5.95 Å². The molecule has 0 radical (unpaired) electrons. The fourth-order valence-electron chi connectivity index (χ4n) is 2.86. The van der Waals surface area contributed by atoms with E-state index in [2.05, 4.69) is 29.7 Å². The summed E-state index contributed by atoms with van der Waals surface area (Å²) in [7, 11) is 1.88. The van der Waals surface area contributed by atoms with E-state index >= 15 is 0 Å². The van der Waals surface area contributed by atoms with Gasteiger partial charge in [0.2, 0.25) is 5.95 Å². The molecule has 8 nitrogen and oxygen atoms in total. The van der Waals surface area contributed by atoms with Crippen molar-refractivity contribution in [3.8, 4) is 11.3 Å². The van der Waals surface area contributed by atoms with Crippen LogP contribution in [0.25, 0.3) is 11.3 Å². The minimum atomic E-state index is -0.0700. The van der Waals surface area contributed by atoms with E-state index in [1.54, 1.807) is 29.3 Å². The number of nitrogens with zero attached hydrogens (tertiary/aromatic N) is 6. The van der Waals surface area contributed by atoms with Crippen LogP contribution in [0.15, 0.2) is 36.9 Å². The summed E-state index contributed by atoms with van der Waals surface area (Å²) in [5.41, 5.74) is 1.80. The van der Waals surface area contributed by atoms with Gasteiger partial charge in [-0.15, -0.1) is 0 Å². The van der Waals surface area contributed by atoms with E-state index in [0.717, 1.165) is 24.2 Å². The van der Waals surface area contributed by atoms with Gasteiger partial charge in [-0.2, -0.15) is 5.10 Å². The van der Waals surface area contributed by atoms with Crippen LogP contribution in [-0.4, -0.2) is 49.2 Å². The van der Waals surface area contributed by atoms with E-state index in [4.69, 9.17) is 0 Å². The van der Waals surface area contributed by atoms with Crippen LogP contribution >= 0.6 is 11.5 Å². The van der Waals surface area contributed by atoms with Crippen LogP contribution in [-0.2, 0) is 7.05 Å². The molecule has 4 heterocycles. The molecule has 1 amide bonds. The van der Waals surface area contributed by atoms with Crippen LogP contribution < -0.4 is 10.2 Å². The van der Waals surface area contributed by atoms with E-state index in [1.807, 2.05) is 19.3 Å². The lowest BCUT2D eigenvalue weighted by Crippen LogP contribution is -2.37. The zero-order chi connectivity index (χ0) is 17.2. The van der Waals surface area contributed by atoms with Crippen LogP contribution in [0.5, 0.6) is 0 Å². The van der Waals surface area contributed by atoms with Gasteiger partial charge in [-0.3, -0.25) is 9.48 Å². The minimum absolute atomic E-state index is 0.0700. The van der Waals surface area contributed by atoms with Gasteiger partial charge in [0.1, 0.15) is 4.88 Å². The standard InChI is InChI=1S/C16H17N7OS/c1-22-9-11(8-18-22)13-2-5-17-16(21-13)23-7-4-12(10-23)20-15(24)14-3-6-19-25-14/h2-3,5-6,8-9,12H,4,7,10H2,1H3,(H,20,24). The van der Waals surface area contributed by atoms with Crippen molar-refractivity contribution >= 4 is 23.4 Å². The van der Waals surface area contributed by atoms with Gasteiger partial charge in [0.15, 0.2) is 0 Å². The van der Waals surface area contributed by atoms with Gasteiger partial charge in [-0.1, -0.05) is 0 Å². The first-order valence-electron chi connectivity index (χ1n) is 7.97. The van der Waals surface area contributed by atoms with Gasteiger partial charge in [0, 0.05) is 50.3 Å². The van der Waals surface area contributed by atoms with Crippen molar-refractivity contribution in [1.82, 2.24) is 29.4 Å². The third kappa shape index (κ3) is 3.36. The lowest BCUT2D eigenvalue weighted by Gasteiger charge is -2.17. The first-order chi connectivity index (χ1) is 12.2. The second-order valence-electron chi connectivity index (χ2n) is 5.93. The lowest BCUT2D eigenvalue weighted by molar-refractivity contribution is 0.0944. The van der Waals surface area contributed by atoms with E-state index in [9.17, 15) is 4.79 Å². The molecule has 3 aromatic rings. The fourth-order valence-corrected chi connectivity index (χ4v) is 3.36. The Morgan fingerprint density at radius 3 is 3.04 bits per heavy atom. The van der Waals surface area contributed by atoms with Crippen molar-refractivity contribution in [2.45, 2.75) is 12.5 Å². The number of aryl methyl sites for hydroxylation is 1. The van der Waals surface area contributed by atoms with Gasteiger partial charge in [-0.05, 0) is 30.1 Å². The second kappa shape index (κ2) is 6.60. The summed E-state index contributed by atoms with van der Waals surface area (Å²) in [5.74, 6) is 0.607. The number of carbonyl (C=O) groups is 1. The number of amides is 1. The van der Waals surface area contributed by atoms with E-state index < -0.39 is 0 Å². The molecule has 1 aliphatic heterocycles. The smallest absolute Gasteiger partial charge is 0.263 e. The van der Waals surface area contributed by atoms with E-state index in [1.165, 1.54) is 11.5 Å². The topological polar surface area (TPSA) is 88.8 Å². The predicted octanol–water partition coefficient (Wildman–Crippen LogP) is 1.34. The first-order valence-corrected chi connectivity index (χ1v) is 8.75.